The molecule has 1 heterocycles. The Morgan fingerprint density at radius 3 is 2.41 bits per heavy atom. The highest BCUT2D eigenvalue weighted by molar-refractivity contribution is 7.90. The predicted octanol–water partition coefficient (Wildman–Crippen LogP) is 1.90. The van der Waals surface area contributed by atoms with Gasteiger partial charge in [0.25, 0.3) is 10.0 Å². The summed E-state index contributed by atoms with van der Waals surface area (Å²) in [5.41, 5.74) is 2.07. The van der Waals surface area contributed by atoms with Crippen LogP contribution in [0, 0.1) is 13.8 Å². The summed E-state index contributed by atoms with van der Waals surface area (Å²) in [7, 11) is -3.97. The van der Waals surface area contributed by atoms with Gasteiger partial charge in [0, 0.05) is 0 Å². The zero-order valence-electron chi connectivity index (χ0n) is 12.7. The summed E-state index contributed by atoms with van der Waals surface area (Å²) in [4.78, 5) is 12.0. The summed E-state index contributed by atoms with van der Waals surface area (Å²) in [5, 5.41) is 3.60. The van der Waals surface area contributed by atoms with Crippen molar-refractivity contribution in [2.45, 2.75) is 38.5 Å². The summed E-state index contributed by atoms with van der Waals surface area (Å²) in [5.74, 6) is -0.423. The Morgan fingerprint density at radius 1 is 1.23 bits per heavy atom. The van der Waals surface area contributed by atoms with E-state index in [1.54, 1.807) is 0 Å². The molecule has 0 spiro atoms. The largest absolute Gasteiger partial charge is 0.360 e. The molecule has 0 atom stereocenters. The molecule has 1 amide bonds. The Morgan fingerprint density at radius 2 is 1.86 bits per heavy atom. The van der Waals surface area contributed by atoms with E-state index in [0.29, 0.717) is 0 Å². The number of hydrogen-bond acceptors (Lipinski definition) is 5. The number of nitrogens with one attached hydrogen (secondary N) is 1. The van der Waals surface area contributed by atoms with Crippen molar-refractivity contribution in [2.24, 2.45) is 0 Å². The van der Waals surface area contributed by atoms with Crippen molar-refractivity contribution in [3.63, 3.8) is 0 Å². The molecule has 118 valence electrons. The molecule has 2 aromatic rings. The fraction of sp³-hybridized carbons (Fsp3) is 0.333. The second-order valence-electron chi connectivity index (χ2n) is 4.98. The van der Waals surface area contributed by atoms with Crippen LogP contribution in [0.2, 0.25) is 0 Å². The summed E-state index contributed by atoms with van der Waals surface area (Å²) in [6, 6.07) is 7.46. The highest BCUT2D eigenvalue weighted by Gasteiger charge is 2.26. The summed E-state index contributed by atoms with van der Waals surface area (Å²) >= 11 is 0. The Balaban J connectivity index is 2.19. The minimum absolute atomic E-state index is 0.00657. The van der Waals surface area contributed by atoms with E-state index in [4.69, 9.17) is 4.52 Å². The third-order valence-electron chi connectivity index (χ3n) is 3.34. The number of carbonyl (C=O) groups is 1. The molecular formula is C15H18N2O4S. The first-order chi connectivity index (χ1) is 10.3. The number of benzene rings is 1. The Kier molecular flexibility index (Phi) is 4.65. The molecule has 1 aromatic carbocycles. The first-order valence-electron chi connectivity index (χ1n) is 6.90. The maximum absolute atomic E-state index is 12.3. The van der Waals surface area contributed by atoms with Gasteiger partial charge < -0.3 is 4.52 Å². The normalized spacial score (nSPS) is 11.4. The third kappa shape index (κ3) is 3.36. The second-order valence-corrected chi connectivity index (χ2v) is 6.60. The standard InChI is InChI=1S/C15H18N2O4S/c1-4-12-7-5-6-8-13(12)9-14(18)17-22(19,20)15-10(2)16-21-11(15)3/h5-8H,4,9H2,1-3H3,(H,17,18). The fourth-order valence-electron chi connectivity index (χ4n) is 2.34. The van der Waals surface area contributed by atoms with Crippen LogP contribution in [0.4, 0.5) is 0 Å². The van der Waals surface area contributed by atoms with E-state index in [9.17, 15) is 13.2 Å². The van der Waals surface area contributed by atoms with Crippen LogP contribution in [-0.2, 0) is 27.7 Å². The fourth-order valence-corrected chi connectivity index (χ4v) is 3.66. The molecule has 1 N–H and O–H groups in total. The topological polar surface area (TPSA) is 89.3 Å². The molecule has 0 unspecified atom stereocenters. The van der Waals surface area contributed by atoms with Gasteiger partial charge in [0.15, 0.2) is 10.7 Å². The molecule has 0 saturated heterocycles. The van der Waals surface area contributed by atoms with Crippen molar-refractivity contribution in [3.8, 4) is 0 Å². The molecule has 0 aliphatic rings. The Labute approximate surface area is 129 Å². The van der Waals surface area contributed by atoms with Gasteiger partial charge in [0.05, 0.1) is 6.42 Å². The van der Waals surface area contributed by atoms with Crippen molar-refractivity contribution in [3.05, 3.63) is 46.8 Å². The van der Waals surface area contributed by atoms with E-state index in [-0.39, 0.29) is 22.8 Å². The number of aryl methyl sites for hydroxylation is 3. The van der Waals surface area contributed by atoms with Crippen LogP contribution < -0.4 is 4.72 Å². The van der Waals surface area contributed by atoms with Gasteiger partial charge in [-0.05, 0) is 31.4 Å². The van der Waals surface area contributed by atoms with Crippen LogP contribution in [0.15, 0.2) is 33.7 Å². The van der Waals surface area contributed by atoms with Crippen LogP contribution in [-0.4, -0.2) is 19.5 Å². The van der Waals surface area contributed by atoms with Crippen molar-refractivity contribution in [2.75, 3.05) is 0 Å². The molecular weight excluding hydrogens is 304 g/mol. The minimum Gasteiger partial charge on any atom is -0.360 e. The Bertz CT molecular complexity index is 774. The highest BCUT2D eigenvalue weighted by atomic mass is 32.2. The molecule has 6 nitrogen and oxygen atoms in total. The summed E-state index contributed by atoms with van der Waals surface area (Å²) in [6.07, 6.45) is 0.784. The predicted molar refractivity (Wildman–Crippen MR) is 80.8 cm³/mol. The summed E-state index contributed by atoms with van der Waals surface area (Å²) in [6.45, 7) is 4.99. The number of amides is 1. The van der Waals surface area contributed by atoms with Crippen LogP contribution in [0.1, 0.15) is 29.5 Å². The van der Waals surface area contributed by atoms with Crippen molar-refractivity contribution < 1.29 is 17.7 Å². The smallest absolute Gasteiger partial charge is 0.269 e. The van der Waals surface area contributed by atoms with Gasteiger partial charge in [-0.25, -0.2) is 13.1 Å². The van der Waals surface area contributed by atoms with Gasteiger partial charge in [0.2, 0.25) is 5.91 Å². The maximum atomic E-state index is 12.3. The van der Waals surface area contributed by atoms with E-state index in [2.05, 4.69) is 9.88 Å². The molecule has 0 radical (unpaired) electrons. The molecule has 1 aromatic heterocycles. The maximum Gasteiger partial charge on any atom is 0.269 e. The van der Waals surface area contributed by atoms with Gasteiger partial charge in [0.1, 0.15) is 5.69 Å². The van der Waals surface area contributed by atoms with Crippen LogP contribution >= 0.6 is 0 Å². The van der Waals surface area contributed by atoms with Crippen molar-refractivity contribution in [1.82, 2.24) is 9.88 Å². The lowest BCUT2D eigenvalue weighted by Crippen LogP contribution is -2.32. The zero-order chi connectivity index (χ0) is 16.3. The minimum atomic E-state index is -3.97. The van der Waals surface area contributed by atoms with E-state index >= 15 is 0 Å². The summed E-state index contributed by atoms with van der Waals surface area (Å²) < 4.78 is 31.4. The monoisotopic (exact) mass is 322 g/mol. The number of nitrogens with zero attached hydrogens (tertiary/aromatic N) is 1. The third-order valence-corrected chi connectivity index (χ3v) is 4.95. The molecule has 22 heavy (non-hydrogen) atoms. The average molecular weight is 322 g/mol. The lowest BCUT2D eigenvalue weighted by Gasteiger charge is -2.09. The van der Waals surface area contributed by atoms with Gasteiger partial charge in [-0.15, -0.1) is 0 Å². The number of sulfonamides is 1. The van der Waals surface area contributed by atoms with Gasteiger partial charge >= 0.3 is 0 Å². The lowest BCUT2D eigenvalue weighted by atomic mass is 10.0. The van der Waals surface area contributed by atoms with E-state index < -0.39 is 15.9 Å². The SMILES string of the molecule is CCc1ccccc1CC(=O)NS(=O)(=O)c1c(C)noc1C. The number of carbonyl (C=O) groups excluding carboxylic acids is 1. The second kappa shape index (κ2) is 6.31. The molecule has 0 fully saturated rings. The molecule has 0 bridgehead atoms. The first-order valence-corrected chi connectivity index (χ1v) is 8.38. The van der Waals surface area contributed by atoms with E-state index in [1.165, 1.54) is 13.8 Å². The van der Waals surface area contributed by atoms with Gasteiger partial charge in [-0.2, -0.15) is 0 Å². The van der Waals surface area contributed by atoms with Crippen molar-refractivity contribution >= 4 is 15.9 Å². The number of hydrogen-bond donors (Lipinski definition) is 1. The van der Waals surface area contributed by atoms with Crippen LogP contribution in [0.3, 0.4) is 0 Å². The lowest BCUT2D eigenvalue weighted by molar-refractivity contribution is -0.118. The van der Waals surface area contributed by atoms with E-state index in [1.807, 2.05) is 31.2 Å². The highest BCUT2D eigenvalue weighted by Crippen LogP contribution is 2.19. The molecule has 2 rings (SSSR count). The molecule has 7 heteroatoms. The van der Waals surface area contributed by atoms with Gasteiger partial charge in [-0.3, -0.25) is 4.79 Å². The quantitative estimate of drug-likeness (QED) is 0.908. The van der Waals surface area contributed by atoms with Crippen LogP contribution in [0.25, 0.3) is 0 Å². The molecule has 0 aliphatic carbocycles. The van der Waals surface area contributed by atoms with Gasteiger partial charge in [-0.1, -0.05) is 36.3 Å². The average Bonchev–Trinajstić information content (AvgIpc) is 2.78. The number of rotatable bonds is 5. The zero-order valence-corrected chi connectivity index (χ0v) is 13.5. The van der Waals surface area contributed by atoms with Crippen LogP contribution in [0.5, 0.6) is 0 Å². The first kappa shape index (κ1) is 16.2. The molecule has 0 saturated carbocycles. The Hall–Kier alpha value is -2.15. The van der Waals surface area contributed by atoms with Crippen molar-refractivity contribution in [1.29, 1.82) is 0 Å². The number of aromatic nitrogens is 1. The molecule has 0 aliphatic heterocycles. The van der Waals surface area contributed by atoms with E-state index in [0.717, 1.165) is 17.5 Å².